The Morgan fingerprint density at radius 2 is 1.61 bits per heavy atom. The van der Waals surface area contributed by atoms with Gasteiger partial charge in [0.1, 0.15) is 0 Å². The smallest absolute Gasteiger partial charge is 0.0429 e. The van der Waals surface area contributed by atoms with E-state index < -0.39 is 0 Å². The lowest BCUT2D eigenvalue weighted by Gasteiger charge is -2.23. The first-order chi connectivity index (χ1) is 8.93. The summed E-state index contributed by atoms with van der Waals surface area (Å²) in [5.74, 6) is 0. The van der Waals surface area contributed by atoms with Crippen molar-refractivity contribution in [3.8, 4) is 11.1 Å². The van der Waals surface area contributed by atoms with Crippen LogP contribution in [0, 0.1) is 0 Å². The van der Waals surface area contributed by atoms with Gasteiger partial charge in [-0.3, -0.25) is 0 Å². The summed E-state index contributed by atoms with van der Waals surface area (Å²) in [5.41, 5.74) is 5.33. The Balaban J connectivity index is 2.15. The third-order valence-corrected chi connectivity index (χ3v) is 3.69. The molecule has 0 spiro atoms. The minimum atomic E-state index is 0.918. The molecule has 0 aromatic heterocycles. The lowest BCUT2D eigenvalue weighted by atomic mass is 9.90. The third-order valence-electron chi connectivity index (χ3n) is 3.69. The van der Waals surface area contributed by atoms with Crippen molar-refractivity contribution in [3.63, 3.8) is 0 Å². The van der Waals surface area contributed by atoms with Crippen LogP contribution < -0.4 is 5.32 Å². The number of rotatable bonds is 0. The SMILES string of the molecule is c1ccc2c(c1)CNc1ccc3ccccc3c1-2. The quantitative estimate of drug-likeness (QED) is 0.603. The third kappa shape index (κ3) is 1.28. The van der Waals surface area contributed by atoms with E-state index in [0.717, 1.165) is 6.54 Å². The molecule has 1 N–H and O–H groups in total. The van der Waals surface area contributed by atoms with E-state index in [0.29, 0.717) is 0 Å². The zero-order valence-electron chi connectivity index (χ0n) is 9.98. The summed E-state index contributed by atoms with van der Waals surface area (Å²) in [6.07, 6.45) is 0. The van der Waals surface area contributed by atoms with Crippen molar-refractivity contribution < 1.29 is 0 Å². The van der Waals surface area contributed by atoms with E-state index in [-0.39, 0.29) is 0 Å². The molecule has 0 saturated heterocycles. The average Bonchev–Trinajstić information content (AvgIpc) is 2.46. The molecule has 0 atom stereocenters. The van der Waals surface area contributed by atoms with Gasteiger partial charge in [-0.15, -0.1) is 0 Å². The van der Waals surface area contributed by atoms with Crippen LogP contribution in [0.2, 0.25) is 0 Å². The number of hydrogen-bond donors (Lipinski definition) is 1. The maximum absolute atomic E-state index is 3.51. The van der Waals surface area contributed by atoms with Crippen LogP contribution in [0.1, 0.15) is 5.56 Å². The van der Waals surface area contributed by atoms with Gasteiger partial charge < -0.3 is 5.32 Å². The number of hydrogen-bond acceptors (Lipinski definition) is 1. The van der Waals surface area contributed by atoms with Crippen LogP contribution in [-0.2, 0) is 6.54 Å². The first-order valence-corrected chi connectivity index (χ1v) is 6.27. The Morgan fingerprint density at radius 3 is 2.61 bits per heavy atom. The van der Waals surface area contributed by atoms with E-state index in [1.54, 1.807) is 0 Å². The van der Waals surface area contributed by atoms with Crippen LogP contribution >= 0.6 is 0 Å². The highest BCUT2D eigenvalue weighted by molar-refractivity contribution is 6.04. The van der Waals surface area contributed by atoms with Crippen LogP contribution in [0.4, 0.5) is 5.69 Å². The van der Waals surface area contributed by atoms with Gasteiger partial charge in [-0.1, -0.05) is 54.6 Å². The van der Waals surface area contributed by atoms with E-state index in [2.05, 4.69) is 66.0 Å². The summed E-state index contributed by atoms with van der Waals surface area (Å²) < 4.78 is 0. The van der Waals surface area contributed by atoms with Crippen LogP contribution in [0.25, 0.3) is 21.9 Å². The average molecular weight is 231 g/mol. The highest BCUT2D eigenvalue weighted by Gasteiger charge is 2.16. The fourth-order valence-corrected chi connectivity index (χ4v) is 2.82. The fraction of sp³-hybridized carbons (Fsp3) is 0.0588. The molecule has 3 aromatic carbocycles. The molecular weight excluding hydrogens is 218 g/mol. The molecule has 3 aromatic rings. The van der Waals surface area contributed by atoms with Crippen molar-refractivity contribution in [2.75, 3.05) is 5.32 Å². The number of benzene rings is 3. The first kappa shape index (κ1) is 9.72. The molecule has 4 rings (SSSR count). The lowest BCUT2D eigenvalue weighted by molar-refractivity contribution is 1.13. The summed E-state index contributed by atoms with van der Waals surface area (Å²) in [6.45, 7) is 0.918. The van der Waals surface area contributed by atoms with Crippen molar-refractivity contribution in [3.05, 3.63) is 66.2 Å². The standard InChI is InChI=1S/C17H13N/c1-3-7-14-12(5-1)9-10-16-17(14)15-8-4-2-6-13(15)11-18-16/h1-10,18H,11H2. The molecule has 86 valence electrons. The maximum Gasteiger partial charge on any atom is 0.0429 e. The van der Waals surface area contributed by atoms with Crippen LogP contribution in [0.3, 0.4) is 0 Å². The van der Waals surface area contributed by atoms with Gasteiger partial charge in [-0.25, -0.2) is 0 Å². The molecule has 1 aliphatic rings. The van der Waals surface area contributed by atoms with Crippen LogP contribution in [0.15, 0.2) is 60.7 Å². The minimum Gasteiger partial charge on any atom is -0.380 e. The van der Waals surface area contributed by atoms with Crippen molar-refractivity contribution in [1.82, 2.24) is 0 Å². The Morgan fingerprint density at radius 1 is 0.778 bits per heavy atom. The zero-order valence-corrected chi connectivity index (χ0v) is 9.98. The fourth-order valence-electron chi connectivity index (χ4n) is 2.82. The van der Waals surface area contributed by atoms with Gasteiger partial charge in [0.15, 0.2) is 0 Å². The molecule has 1 nitrogen and oxygen atoms in total. The van der Waals surface area contributed by atoms with E-state index in [4.69, 9.17) is 0 Å². The molecule has 0 aliphatic carbocycles. The topological polar surface area (TPSA) is 12.0 Å². The second-order valence-electron chi connectivity index (χ2n) is 4.72. The molecule has 0 bridgehead atoms. The van der Waals surface area contributed by atoms with E-state index in [9.17, 15) is 0 Å². The molecule has 0 saturated carbocycles. The van der Waals surface area contributed by atoms with Gasteiger partial charge in [0, 0.05) is 17.8 Å². The van der Waals surface area contributed by atoms with E-state index >= 15 is 0 Å². The molecule has 0 amide bonds. The molecule has 0 radical (unpaired) electrons. The Labute approximate surface area is 106 Å². The molecule has 1 heterocycles. The normalized spacial score (nSPS) is 12.7. The molecule has 0 fully saturated rings. The van der Waals surface area contributed by atoms with Crippen molar-refractivity contribution in [2.24, 2.45) is 0 Å². The molecule has 1 heteroatoms. The largest absolute Gasteiger partial charge is 0.380 e. The number of nitrogens with one attached hydrogen (secondary N) is 1. The van der Waals surface area contributed by atoms with Gasteiger partial charge in [0.05, 0.1) is 0 Å². The monoisotopic (exact) mass is 231 g/mol. The Bertz CT molecular complexity index is 743. The second kappa shape index (κ2) is 3.61. The highest BCUT2D eigenvalue weighted by atomic mass is 14.9. The Kier molecular flexibility index (Phi) is 1.95. The van der Waals surface area contributed by atoms with Crippen LogP contribution in [0.5, 0.6) is 0 Å². The highest BCUT2D eigenvalue weighted by Crippen LogP contribution is 2.40. The lowest BCUT2D eigenvalue weighted by Crippen LogP contribution is -2.08. The van der Waals surface area contributed by atoms with E-state index in [1.165, 1.54) is 33.2 Å². The molecule has 0 unspecified atom stereocenters. The van der Waals surface area contributed by atoms with Crippen molar-refractivity contribution >= 4 is 16.5 Å². The molecule has 18 heavy (non-hydrogen) atoms. The predicted octanol–water partition coefficient (Wildman–Crippen LogP) is 4.43. The van der Waals surface area contributed by atoms with E-state index in [1.807, 2.05) is 0 Å². The zero-order chi connectivity index (χ0) is 11.9. The van der Waals surface area contributed by atoms with Crippen LogP contribution in [-0.4, -0.2) is 0 Å². The summed E-state index contributed by atoms with van der Waals surface area (Å²) >= 11 is 0. The molecule has 1 aliphatic heterocycles. The van der Waals surface area contributed by atoms with Gasteiger partial charge in [0.25, 0.3) is 0 Å². The second-order valence-corrected chi connectivity index (χ2v) is 4.72. The van der Waals surface area contributed by atoms with Gasteiger partial charge in [0.2, 0.25) is 0 Å². The van der Waals surface area contributed by atoms with Crippen molar-refractivity contribution in [1.29, 1.82) is 0 Å². The first-order valence-electron chi connectivity index (χ1n) is 6.27. The Hall–Kier alpha value is -2.28. The van der Waals surface area contributed by atoms with Crippen molar-refractivity contribution in [2.45, 2.75) is 6.54 Å². The van der Waals surface area contributed by atoms with Gasteiger partial charge >= 0.3 is 0 Å². The number of fused-ring (bicyclic) bond motifs is 5. The summed E-state index contributed by atoms with van der Waals surface area (Å²) in [6, 6.07) is 21.6. The summed E-state index contributed by atoms with van der Waals surface area (Å²) in [4.78, 5) is 0. The predicted molar refractivity (Wildman–Crippen MR) is 76.7 cm³/mol. The molecular formula is C17H13N. The minimum absolute atomic E-state index is 0.918. The number of anilines is 1. The summed E-state index contributed by atoms with van der Waals surface area (Å²) in [7, 11) is 0. The van der Waals surface area contributed by atoms with Gasteiger partial charge in [-0.2, -0.15) is 0 Å². The van der Waals surface area contributed by atoms with Gasteiger partial charge in [-0.05, 0) is 28.0 Å². The maximum atomic E-state index is 3.51. The summed E-state index contributed by atoms with van der Waals surface area (Å²) in [5, 5.41) is 6.14.